The van der Waals surface area contributed by atoms with Gasteiger partial charge in [0.2, 0.25) is 5.91 Å². The lowest BCUT2D eigenvalue weighted by atomic mass is 10.1. The van der Waals surface area contributed by atoms with Gasteiger partial charge in [-0.15, -0.1) is 11.3 Å². The highest BCUT2D eigenvalue weighted by atomic mass is 35.5. The molecule has 0 aliphatic heterocycles. The first kappa shape index (κ1) is 19.3. The molecular formula is C23H18ClN3OS. The van der Waals surface area contributed by atoms with E-state index in [2.05, 4.69) is 10.3 Å². The molecule has 0 atom stereocenters. The SMILES string of the molecule is Cc1ccc(NC(=O)Cc2ccc(-c3csc(-c4ccncc4)n3)cc2)cc1Cl. The number of hydrogen-bond acceptors (Lipinski definition) is 4. The number of carbonyl (C=O) groups excluding carboxylic acids is 1. The lowest BCUT2D eigenvalue weighted by molar-refractivity contribution is -0.115. The van der Waals surface area contributed by atoms with Crippen molar-refractivity contribution in [1.82, 2.24) is 9.97 Å². The molecule has 1 N–H and O–H groups in total. The van der Waals surface area contributed by atoms with Gasteiger partial charge in [0, 0.05) is 39.6 Å². The van der Waals surface area contributed by atoms with Gasteiger partial charge in [0.1, 0.15) is 5.01 Å². The number of nitrogens with one attached hydrogen (secondary N) is 1. The molecule has 2 aromatic heterocycles. The van der Waals surface area contributed by atoms with Gasteiger partial charge in [0.25, 0.3) is 0 Å². The van der Waals surface area contributed by atoms with E-state index in [0.717, 1.165) is 33.0 Å². The van der Waals surface area contributed by atoms with Crippen LogP contribution in [-0.2, 0) is 11.2 Å². The Labute approximate surface area is 178 Å². The Morgan fingerprint density at radius 2 is 1.79 bits per heavy atom. The molecule has 0 bridgehead atoms. The summed E-state index contributed by atoms with van der Waals surface area (Å²) in [5, 5.41) is 6.53. The van der Waals surface area contributed by atoms with Crippen LogP contribution in [0.3, 0.4) is 0 Å². The van der Waals surface area contributed by atoms with Gasteiger partial charge in [-0.2, -0.15) is 0 Å². The molecular weight excluding hydrogens is 402 g/mol. The highest BCUT2D eigenvalue weighted by Gasteiger charge is 2.09. The third-order valence-electron chi connectivity index (χ3n) is 4.50. The van der Waals surface area contributed by atoms with Crippen molar-refractivity contribution in [3.63, 3.8) is 0 Å². The van der Waals surface area contributed by atoms with Gasteiger partial charge in [-0.25, -0.2) is 4.98 Å². The van der Waals surface area contributed by atoms with Crippen molar-refractivity contribution >= 4 is 34.5 Å². The molecule has 4 rings (SSSR count). The van der Waals surface area contributed by atoms with Crippen molar-refractivity contribution in [1.29, 1.82) is 0 Å². The summed E-state index contributed by atoms with van der Waals surface area (Å²) < 4.78 is 0. The van der Waals surface area contributed by atoms with E-state index in [4.69, 9.17) is 16.6 Å². The Balaban J connectivity index is 1.42. The molecule has 0 radical (unpaired) electrons. The van der Waals surface area contributed by atoms with Crippen LogP contribution < -0.4 is 5.32 Å². The third-order valence-corrected chi connectivity index (χ3v) is 5.80. The maximum atomic E-state index is 12.3. The molecule has 4 aromatic rings. The summed E-state index contributed by atoms with van der Waals surface area (Å²) in [5.41, 5.74) is 5.63. The average molecular weight is 420 g/mol. The Morgan fingerprint density at radius 3 is 2.52 bits per heavy atom. The van der Waals surface area contributed by atoms with E-state index in [0.29, 0.717) is 17.1 Å². The van der Waals surface area contributed by atoms with Crippen molar-refractivity contribution < 1.29 is 4.79 Å². The first-order valence-electron chi connectivity index (χ1n) is 9.10. The number of rotatable bonds is 5. The van der Waals surface area contributed by atoms with E-state index in [-0.39, 0.29) is 5.91 Å². The molecule has 144 valence electrons. The normalized spacial score (nSPS) is 10.7. The van der Waals surface area contributed by atoms with Crippen LogP contribution in [0.2, 0.25) is 5.02 Å². The standard InChI is InChI=1S/C23H18ClN3OS/c1-15-2-7-19(13-20(15)24)26-22(28)12-16-3-5-17(6-4-16)21-14-29-23(27-21)18-8-10-25-11-9-18/h2-11,13-14H,12H2,1H3,(H,26,28). The summed E-state index contributed by atoms with van der Waals surface area (Å²) >= 11 is 7.72. The number of nitrogens with zero attached hydrogens (tertiary/aromatic N) is 2. The van der Waals surface area contributed by atoms with Gasteiger partial charge in [0.15, 0.2) is 0 Å². The molecule has 29 heavy (non-hydrogen) atoms. The first-order valence-corrected chi connectivity index (χ1v) is 10.4. The second kappa shape index (κ2) is 8.55. The number of anilines is 1. The van der Waals surface area contributed by atoms with Gasteiger partial charge in [-0.3, -0.25) is 9.78 Å². The van der Waals surface area contributed by atoms with E-state index >= 15 is 0 Å². The zero-order valence-electron chi connectivity index (χ0n) is 15.7. The van der Waals surface area contributed by atoms with E-state index in [1.165, 1.54) is 0 Å². The van der Waals surface area contributed by atoms with Gasteiger partial charge in [-0.05, 0) is 42.3 Å². The van der Waals surface area contributed by atoms with E-state index in [1.807, 2.05) is 60.8 Å². The molecule has 0 unspecified atom stereocenters. The van der Waals surface area contributed by atoms with E-state index in [1.54, 1.807) is 29.8 Å². The van der Waals surface area contributed by atoms with Crippen molar-refractivity contribution in [3.8, 4) is 21.8 Å². The van der Waals surface area contributed by atoms with Crippen LogP contribution in [0.5, 0.6) is 0 Å². The Kier molecular flexibility index (Phi) is 5.69. The fourth-order valence-electron chi connectivity index (χ4n) is 2.89. The summed E-state index contributed by atoms with van der Waals surface area (Å²) in [5.74, 6) is -0.0775. The maximum Gasteiger partial charge on any atom is 0.228 e. The third kappa shape index (κ3) is 4.70. The van der Waals surface area contributed by atoms with Gasteiger partial charge < -0.3 is 5.32 Å². The molecule has 0 spiro atoms. The minimum Gasteiger partial charge on any atom is -0.326 e. The fourth-order valence-corrected chi connectivity index (χ4v) is 3.90. The van der Waals surface area contributed by atoms with Crippen LogP contribution in [0.25, 0.3) is 21.8 Å². The van der Waals surface area contributed by atoms with Gasteiger partial charge in [-0.1, -0.05) is 41.9 Å². The monoisotopic (exact) mass is 419 g/mol. The van der Waals surface area contributed by atoms with Crippen molar-refractivity contribution in [2.45, 2.75) is 13.3 Å². The summed E-state index contributed by atoms with van der Waals surface area (Å²) in [6, 6.07) is 17.3. The predicted octanol–water partition coefficient (Wildman–Crippen LogP) is 6.02. The molecule has 0 saturated carbocycles. The number of pyridine rings is 1. The predicted molar refractivity (Wildman–Crippen MR) is 119 cm³/mol. The molecule has 6 heteroatoms. The first-order chi connectivity index (χ1) is 14.1. The van der Waals surface area contributed by atoms with Gasteiger partial charge in [0.05, 0.1) is 12.1 Å². The fraction of sp³-hybridized carbons (Fsp3) is 0.0870. The van der Waals surface area contributed by atoms with E-state index in [9.17, 15) is 4.79 Å². The lowest BCUT2D eigenvalue weighted by Gasteiger charge is -2.07. The molecule has 4 nitrogen and oxygen atoms in total. The number of halogens is 1. The number of benzene rings is 2. The lowest BCUT2D eigenvalue weighted by Crippen LogP contribution is -2.14. The summed E-state index contributed by atoms with van der Waals surface area (Å²) in [4.78, 5) is 21.1. The molecule has 2 heterocycles. The van der Waals surface area contributed by atoms with Crippen molar-refractivity contribution in [2.75, 3.05) is 5.32 Å². The average Bonchev–Trinajstić information content (AvgIpc) is 3.22. The van der Waals surface area contributed by atoms with Crippen LogP contribution in [0.4, 0.5) is 5.69 Å². The smallest absolute Gasteiger partial charge is 0.228 e. The van der Waals surface area contributed by atoms with Crippen LogP contribution >= 0.6 is 22.9 Å². The Hall–Kier alpha value is -3.02. The van der Waals surface area contributed by atoms with Crippen LogP contribution in [0.15, 0.2) is 72.4 Å². The minimum atomic E-state index is -0.0775. The van der Waals surface area contributed by atoms with Crippen LogP contribution in [0.1, 0.15) is 11.1 Å². The van der Waals surface area contributed by atoms with Crippen LogP contribution in [-0.4, -0.2) is 15.9 Å². The number of thiazole rings is 1. The van der Waals surface area contributed by atoms with Gasteiger partial charge >= 0.3 is 0 Å². The largest absolute Gasteiger partial charge is 0.326 e. The number of aromatic nitrogens is 2. The Bertz CT molecular complexity index is 1140. The van der Waals surface area contributed by atoms with Crippen molar-refractivity contribution in [2.24, 2.45) is 0 Å². The number of hydrogen-bond donors (Lipinski definition) is 1. The summed E-state index contributed by atoms with van der Waals surface area (Å²) in [7, 11) is 0. The molecule has 2 aromatic carbocycles. The second-order valence-corrected chi connectivity index (χ2v) is 7.92. The van der Waals surface area contributed by atoms with Crippen LogP contribution in [0, 0.1) is 6.92 Å². The second-order valence-electron chi connectivity index (χ2n) is 6.66. The maximum absolute atomic E-state index is 12.3. The molecule has 1 amide bonds. The highest BCUT2D eigenvalue weighted by Crippen LogP contribution is 2.28. The molecule has 0 fully saturated rings. The minimum absolute atomic E-state index is 0.0775. The molecule has 0 aliphatic rings. The molecule has 0 aliphatic carbocycles. The number of amides is 1. The summed E-state index contributed by atoms with van der Waals surface area (Å²) in [6.07, 6.45) is 3.83. The number of carbonyl (C=O) groups is 1. The quantitative estimate of drug-likeness (QED) is 0.430. The topological polar surface area (TPSA) is 54.9 Å². The Morgan fingerprint density at radius 1 is 1.03 bits per heavy atom. The molecule has 0 saturated heterocycles. The highest BCUT2D eigenvalue weighted by molar-refractivity contribution is 7.13. The van der Waals surface area contributed by atoms with E-state index < -0.39 is 0 Å². The van der Waals surface area contributed by atoms with Crippen molar-refractivity contribution in [3.05, 3.63) is 88.5 Å². The summed E-state index contributed by atoms with van der Waals surface area (Å²) in [6.45, 7) is 1.93. The number of aryl methyl sites for hydroxylation is 1. The zero-order valence-corrected chi connectivity index (χ0v) is 17.3. The zero-order chi connectivity index (χ0) is 20.2.